The molecule has 0 aliphatic carbocycles. The maximum atomic E-state index is 12.2. The van der Waals surface area contributed by atoms with Crippen LogP contribution in [0.1, 0.15) is 44.1 Å². The third-order valence-electron chi connectivity index (χ3n) is 2.94. The van der Waals surface area contributed by atoms with Crippen molar-refractivity contribution in [3.05, 3.63) is 16.5 Å². The lowest BCUT2D eigenvalue weighted by atomic mass is 10.1. The van der Waals surface area contributed by atoms with E-state index in [4.69, 9.17) is 5.11 Å². The van der Waals surface area contributed by atoms with Gasteiger partial charge in [-0.05, 0) is 44.2 Å². The third-order valence-corrected chi connectivity index (χ3v) is 6.22. The van der Waals surface area contributed by atoms with Crippen LogP contribution < -0.4 is 4.72 Å². The van der Waals surface area contributed by atoms with Crippen LogP contribution in [-0.4, -0.2) is 19.6 Å². The van der Waals surface area contributed by atoms with Gasteiger partial charge in [-0.25, -0.2) is 13.1 Å². The molecule has 0 amide bonds. The Labute approximate surface area is 119 Å². The van der Waals surface area contributed by atoms with Crippen molar-refractivity contribution in [2.75, 3.05) is 0 Å². The molecule has 0 fully saturated rings. The zero-order chi connectivity index (χ0) is 14.6. The quantitative estimate of drug-likeness (QED) is 0.814. The highest BCUT2D eigenvalue weighted by atomic mass is 32.2. The first-order chi connectivity index (χ1) is 8.76. The number of aliphatic hydroxyl groups excluding tert-OH is 1. The van der Waals surface area contributed by atoms with Crippen LogP contribution in [0.25, 0.3) is 0 Å². The normalized spacial score (nSPS) is 14.0. The van der Waals surface area contributed by atoms with Crippen molar-refractivity contribution >= 4 is 21.4 Å². The molecule has 19 heavy (non-hydrogen) atoms. The molecule has 2 N–H and O–H groups in total. The molecule has 0 saturated carbocycles. The average Bonchev–Trinajstić information content (AvgIpc) is 2.68. The fraction of sp³-hybridized carbons (Fsp3) is 0.692. The fourth-order valence-corrected chi connectivity index (χ4v) is 4.49. The van der Waals surface area contributed by atoms with E-state index in [1.807, 2.05) is 13.8 Å². The summed E-state index contributed by atoms with van der Waals surface area (Å²) in [6.07, 6.45) is 1.82. The van der Waals surface area contributed by atoms with Gasteiger partial charge in [0, 0.05) is 10.9 Å². The van der Waals surface area contributed by atoms with Crippen molar-refractivity contribution in [1.82, 2.24) is 4.72 Å². The molecule has 1 aromatic heterocycles. The number of aliphatic hydroxyl groups is 1. The topological polar surface area (TPSA) is 66.4 Å². The van der Waals surface area contributed by atoms with Gasteiger partial charge in [-0.1, -0.05) is 13.8 Å². The Morgan fingerprint density at radius 3 is 2.42 bits per heavy atom. The summed E-state index contributed by atoms with van der Waals surface area (Å²) in [5.41, 5.74) is 0.822. The maximum Gasteiger partial charge on any atom is 0.250 e. The van der Waals surface area contributed by atoms with Gasteiger partial charge in [0.1, 0.15) is 4.21 Å². The van der Waals surface area contributed by atoms with E-state index in [2.05, 4.69) is 18.6 Å². The van der Waals surface area contributed by atoms with Crippen LogP contribution >= 0.6 is 11.3 Å². The van der Waals surface area contributed by atoms with E-state index in [9.17, 15) is 8.42 Å². The van der Waals surface area contributed by atoms with E-state index in [1.165, 1.54) is 0 Å². The molecular weight excluding hydrogens is 282 g/mol. The molecule has 0 bridgehead atoms. The Morgan fingerprint density at radius 1 is 1.32 bits per heavy atom. The second kappa shape index (κ2) is 6.83. The van der Waals surface area contributed by atoms with E-state index in [-0.39, 0.29) is 16.9 Å². The van der Waals surface area contributed by atoms with Crippen molar-refractivity contribution in [3.8, 4) is 0 Å². The van der Waals surface area contributed by atoms with Crippen molar-refractivity contribution in [3.63, 3.8) is 0 Å². The number of hydrogen-bond donors (Lipinski definition) is 2. The smallest absolute Gasteiger partial charge is 0.250 e. The van der Waals surface area contributed by atoms with E-state index in [0.717, 1.165) is 29.7 Å². The minimum absolute atomic E-state index is 0.0765. The molecule has 110 valence electrons. The second-order valence-electron chi connectivity index (χ2n) is 5.32. The van der Waals surface area contributed by atoms with Gasteiger partial charge in [0.15, 0.2) is 0 Å². The second-order valence-corrected chi connectivity index (χ2v) is 8.40. The number of rotatable bonds is 7. The van der Waals surface area contributed by atoms with Gasteiger partial charge in [0.2, 0.25) is 10.0 Å². The van der Waals surface area contributed by atoms with E-state index in [0.29, 0.717) is 10.8 Å². The predicted molar refractivity (Wildman–Crippen MR) is 78.8 cm³/mol. The van der Waals surface area contributed by atoms with Gasteiger partial charge >= 0.3 is 0 Å². The Hall–Kier alpha value is -0.430. The zero-order valence-corrected chi connectivity index (χ0v) is 13.6. The highest BCUT2D eigenvalue weighted by molar-refractivity contribution is 7.91. The molecule has 0 aromatic carbocycles. The molecule has 0 aliphatic heterocycles. The molecule has 1 atom stereocenters. The molecule has 6 heteroatoms. The summed E-state index contributed by atoms with van der Waals surface area (Å²) in [6, 6.07) is 1.54. The maximum absolute atomic E-state index is 12.2. The molecule has 1 aromatic rings. The fourth-order valence-electron chi connectivity index (χ4n) is 1.74. The number of nitrogens with one attached hydrogen (secondary N) is 1. The van der Waals surface area contributed by atoms with Gasteiger partial charge < -0.3 is 5.11 Å². The number of aryl methyl sites for hydroxylation is 1. The molecule has 1 rings (SSSR count). The first kappa shape index (κ1) is 16.6. The van der Waals surface area contributed by atoms with E-state index >= 15 is 0 Å². The summed E-state index contributed by atoms with van der Waals surface area (Å²) in [4.78, 5) is 0.704. The van der Waals surface area contributed by atoms with Crippen LogP contribution in [0.2, 0.25) is 0 Å². The summed E-state index contributed by atoms with van der Waals surface area (Å²) in [7, 11) is -3.46. The first-order valence-electron chi connectivity index (χ1n) is 6.48. The lowest BCUT2D eigenvalue weighted by Gasteiger charge is -2.14. The number of thiophene rings is 1. The van der Waals surface area contributed by atoms with Crippen LogP contribution in [0.15, 0.2) is 10.3 Å². The molecule has 0 radical (unpaired) electrons. The largest absolute Gasteiger partial charge is 0.391 e. The SMILES string of the molecule is Cc1cc(S(=O)(=O)NC(C)CCC(C)C)sc1CO. The van der Waals surface area contributed by atoms with E-state index in [1.54, 1.807) is 6.07 Å². The predicted octanol–water partition coefficient (Wildman–Crippen LogP) is 2.65. The highest BCUT2D eigenvalue weighted by Crippen LogP contribution is 2.26. The lowest BCUT2D eigenvalue weighted by Crippen LogP contribution is -2.32. The Balaban J connectivity index is 2.74. The Bertz CT molecular complexity index is 506. The molecule has 4 nitrogen and oxygen atoms in total. The Morgan fingerprint density at radius 2 is 1.95 bits per heavy atom. The molecular formula is C13H23NO3S2. The third kappa shape index (κ3) is 4.87. The van der Waals surface area contributed by atoms with E-state index < -0.39 is 10.0 Å². The summed E-state index contributed by atoms with van der Waals surface area (Å²) < 4.78 is 27.3. The van der Waals surface area contributed by atoms with Gasteiger partial charge in [-0.3, -0.25) is 0 Å². The van der Waals surface area contributed by atoms with Gasteiger partial charge in [-0.15, -0.1) is 11.3 Å². The van der Waals surface area contributed by atoms with Crippen LogP contribution in [0.3, 0.4) is 0 Å². The zero-order valence-electron chi connectivity index (χ0n) is 11.9. The molecule has 1 unspecified atom stereocenters. The molecule has 0 saturated heterocycles. The van der Waals surface area contributed by atoms with Crippen LogP contribution in [-0.2, 0) is 16.6 Å². The minimum atomic E-state index is -3.46. The summed E-state index contributed by atoms with van der Waals surface area (Å²) in [6.45, 7) is 7.82. The van der Waals surface area contributed by atoms with Gasteiger partial charge in [0.05, 0.1) is 6.61 Å². The summed E-state index contributed by atoms with van der Waals surface area (Å²) >= 11 is 1.13. The van der Waals surface area contributed by atoms with Crippen molar-refractivity contribution in [2.24, 2.45) is 5.92 Å². The van der Waals surface area contributed by atoms with Crippen molar-refractivity contribution in [2.45, 2.75) is 57.4 Å². The van der Waals surface area contributed by atoms with Crippen LogP contribution in [0, 0.1) is 12.8 Å². The standard InChI is InChI=1S/C13H23NO3S2/c1-9(2)5-6-11(4)14-19(16,17)13-7-10(3)12(8-15)18-13/h7,9,11,14-15H,5-6,8H2,1-4H3. The number of sulfonamides is 1. The lowest BCUT2D eigenvalue weighted by molar-refractivity contribution is 0.285. The monoisotopic (exact) mass is 305 g/mol. The highest BCUT2D eigenvalue weighted by Gasteiger charge is 2.21. The summed E-state index contributed by atoms with van der Waals surface area (Å²) in [5, 5.41) is 9.12. The van der Waals surface area contributed by atoms with Gasteiger partial charge in [-0.2, -0.15) is 0 Å². The minimum Gasteiger partial charge on any atom is -0.391 e. The van der Waals surface area contributed by atoms with Crippen molar-refractivity contribution in [1.29, 1.82) is 0 Å². The molecule has 1 heterocycles. The van der Waals surface area contributed by atoms with Crippen LogP contribution in [0.4, 0.5) is 0 Å². The molecule has 0 spiro atoms. The van der Waals surface area contributed by atoms with Crippen molar-refractivity contribution < 1.29 is 13.5 Å². The average molecular weight is 305 g/mol. The first-order valence-corrected chi connectivity index (χ1v) is 8.78. The number of hydrogen-bond acceptors (Lipinski definition) is 4. The van der Waals surface area contributed by atoms with Crippen LogP contribution in [0.5, 0.6) is 0 Å². The Kier molecular flexibility index (Phi) is 5.98. The summed E-state index contributed by atoms with van der Waals surface area (Å²) in [5.74, 6) is 0.567. The molecule has 0 aliphatic rings. The van der Waals surface area contributed by atoms with Gasteiger partial charge in [0.25, 0.3) is 0 Å².